The first-order valence-electron chi connectivity index (χ1n) is 10.0. The average Bonchev–Trinajstić information content (AvgIpc) is 3.22. The number of aliphatic carboxylic acids is 1. The molecule has 1 amide bonds. The quantitative estimate of drug-likeness (QED) is 0.266. The standard InChI is InChI=1S/C22H25N3O6/c1-13(20(26)25-10-2-3-15(12-25)21(27)28)11-17-8-9-18(30-17)22(29)31-16-6-4-14(5-7-16)19(23)24/h4-9,13,15H,2-3,10-12H2,1H3,(H3,23,24)(H,27,28). The van der Waals surface area contributed by atoms with E-state index in [1.807, 2.05) is 0 Å². The summed E-state index contributed by atoms with van der Waals surface area (Å²) in [4.78, 5) is 37.8. The number of hydrogen-bond donors (Lipinski definition) is 3. The number of carboxylic acid groups (broad SMARTS) is 1. The van der Waals surface area contributed by atoms with Crippen LogP contribution in [-0.4, -0.2) is 46.8 Å². The molecule has 1 fully saturated rings. The molecule has 3 rings (SSSR count). The molecule has 1 saturated heterocycles. The molecule has 2 unspecified atom stereocenters. The van der Waals surface area contributed by atoms with E-state index in [9.17, 15) is 19.5 Å². The number of nitrogens with one attached hydrogen (secondary N) is 1. The molecule has 2 aromatic rings. The third-order valence-electron chi connectivity index (χ3n) is 5.25. The van der Waals surface area contributed by atoms with E-state index in [2.05, 4.69) is 0 Å². The molecule has 9 nitrogen and oxygen atoms in total. The molecule has 2 atom stereocenters. The van der Waals surface area contributed by atoms with Gasteiger partial charge in [-0.3, -0.25) is 15.0 Å². The molecule has 1 aromatic carbocycles. The van der Waals surface area contributed by atoms with Crippen molar-refractivity contribution in [3.8, 4) is 5.75 Å². The Labute approximate surface area is 179 Å². The van der Waals surface area contributed by atoms with Gasteiger partial charge >= 0.3 is 11.9 Å². The smallest absolute Gasteiger partial charge is 0.379 e. The molecule has 31 heavy (non-hydrogen) atoms. The van der Waals surface area contributed by atoms with Crippen molar-refractivity contribution in [2.75, 3.05) is 13.1 Å². The van der Waals surface area contributed by atoms with Crippen molar-refractivity contribution in [2.45, 2.75) is 26.2 Å². The van der Waals surface area contributed by atoms with Gasteiger partial charge in [0.05, 0.1) is 5.92 Å². The fourth-order valence-corrected chi connectivity index (χ4v) is 3.54. The molecule has 1 aromatic heterocycles. The van der Waals surface area contributed by atoms with Crippen LogP contribution < -0.4 is 10.5 Å². The molecule has 164 valence electrons. The zero-order valence-corrected chi connectivity index (χ0v) is 17.2. The van der Waals surface area contributed by atoms with Crippen LogP contribution in [0.5, 0.6) is 5.75 Å². The van der Waals surface area contributed by atoms with Crippen LogP contribution in [0, 0.1) is 17.2 Å². The number of amidine groups is 1. The third kappa shape index (κ3) is 5.50. The number of likely N-dealkylation sites (tertiary alicyclic amines) is 1. The van der Waals surface area contributed by atoms with Crippen LogP contribution in [0.4, 0.5) is 0 Å². The van der Waals surface area contributed by atoms with Crippen LogP contribution in [0.15, 0.2) is 40.8 Å². The first-order valence-corrected chi connectivity index (χ1v) is 10.0. The number of benzene rings is 1. The fourth-order valence-electron chi connectivity index (χ4n) is 3.54. The minimum absolute atomic E-state index is 0.00853. The Balaban J connectivity index is 1.57. The highest BCUT2D eigenvalue weighted by molar-refractivity contribution is 5.95. The number of ether oxygens (including phenoxy) is 1. The molecule has 0 saturated carbocycles. The minimum Gasteiger partial charge on any atom is -0.481 e. The van der Waals surface area contributed by atoms with Crippen LogP contribution in [0.3, 0.4) is 0 Å². The summed E-state index contributed by atoms with van der Waals surface area (Å²) in [6.07, 6.45) is 1.53. The van der Waals surface area contributed by atoms with Crippen LogP contribution in [0.2, 0.25) is 0 Å². The number of piperidine rings is 1. The SMILES string of the molecule is CC(Cc1ccc(C(=O)Oc2ccc(C(=N)N)cc2)o1)C(=O)N1CCCC(C(=O)O)C1. The van der Waals surface area contributed by atoms with E-state index in [1.54, 1.807) is 30.0 Å². The largest absolute Gasteiger partial charge is 0.481 e. The van der Waals surface area contributed by atoms with Crippen molar-refractivity contribution >= 4 is 23.7 Å². The number of esters is 1. The van der Waals surface area contributed by atoms with Crippen LogP contribution in [-0.2, 0) is 16.0 Å². The lowest BCUT2D eigenvalue weighted by Gasteiger charge is -2.32. The molecule has 1 aliphatic rings. The molecule has 0 radical (unpaired) electrons. The van der Waals surface area contributed by atoms with E-state index in [-0.39, 0.29) is 36.2 Å². The number of amides is 1. The zero-order chi connectivity index (χ0) is 22.5. The summed E-state index contributed by atoms with van der Waals surface area (Å²) in [6.45, 7) is 2.52. The Morgan fingerprint density at radius 2 is 1.97 bits per heavy atom. The van der Waals surface area contributed by atoms with Crippen molar-refractivity contribution < 1.29 is 28.6 Å². The molecule has 0 aliphatic carbocycles. The summed E-state index contributed by atoms with van der Waals surface area (Å²) < 4.78 is 10.8. The van der Waals surface area contributed by atoms with Crippen molar-refractivity contribution in [3.63, 3.8) is 0 Å². The maximum absolute atomic E-state index is 12.7. The second-order valence-corrected chi connectivity index (χ2v) is 7.66. The highest BCUT2D eigenvalue weighted by Gasteiger charge is 2.30. The first kappa shape index (κ1) is 22.1. The predicted octanol–water partition coefficient (Wildman–Crippen LogP) is 2.28. The number of carbonyl (C=O) groups is 3. The fraction of sp³-hybridized carbons (Fsp3) is 0.364. The number of nitrogens with two attached hydrogens (primary N) is 1. The Hall–Kier alpha value is -3.62. The monoisotopic (exact) mass is 427 g/mol. The summed E-state index contributed by atoms with van der Waals surface area (Å²) in [5, 5.41) is 16.6. The van der Waals surface area contributed by atoms with E-state index in [1.165, 1.54) is 18.2 Å². The van der Waals surface area contributed by atoms with Crippen molar-refractivity contribution in [2.24, 2.45) is 17.6 Å². The van der Waals surface area contributed by atoms with E-state index in [4.69, 9.17) is 20.3 Å². The second-order valence-electron chi connectivity index (χ2n) is 7.66. The van der Waals surface area contributed by atoms with E-state index >= 15 is 0 Å². The molecule has 1 aliphatic heterocycles. The van der Waals surface area contributed by atoms with E-state index in [0.717, 1.165) is 0 Å². The second kappa shape index (κ2) is 9.46. The lowest BCUT2D eigenvalue weighted by atomic mass is 9.96. The van der Waals surface area contributed by atoms with Gasteiger partial charge in [0.15, 0.2) is 0 Å². The highest BCUT2D eigenvalue weighted by Crippen LogP contribution is 2.21. The summed E-state index contributed by atoms with van der Waals surface area (Å²) in [6, 6.07) is 9.31. The molecule has 4 N–H and O–H groups in total. The lowest BCUT2D eigenvalue weighted by Crippen LogP contribution is -2.44. The average molecular weight is 427 g/mol. The van der Waals surface area contributed by atoms with Crippen LogP contribution >= 0.6 is 0 Å². The van der Waals surface area contributed by atoms with Gasteiger partial charge in [-0.25, -0.2) is 4.79 Å². The Kier molecular flexibility index (Phi) is 6.74. The van der Waals surface area contributed by atoms with Crippen LogP contribution in [0.1, 0.15) is 41.6 Å². The van der Waals surface area contributed by atoms with Gasteiger partial charge in [-0.05, 0) is 49.2 Å². The van der Waals surface area contributed by atoms with Gasteiger partial charge in [0.1, 0.15) is 17.3 Å². The first-order chi connectivity index (χ1) is 14.7. The van der Waals surface area contributed by atoms with E-state index < -0.39 is 23.8 Å². The highest BCUT2D eigenvalue weighted by atomic mass is 16.5. The topological polar surface area (TPSA) is 147 Å². The normalized spacial score (nSPS) is 17.1. The number of carbonyl (C=O) groups excluding carboxylic acids is 2. The molecular weight excluding hydrogens is 402 g/mol. The Morgan fingerprint density at radius 1 is 1.26 bits per heavy atom. The Bertz CT molecular complexity index is 981. The van der Waals surface area contributed by atoms with Crippen molar-refractivity contribution in [1.29, 1.82) is 5.41 Å². The number of carboxylic acids is 1. The van der Waals surface area contributed by atoms with Gasteiger partial charge in [0.2, 0.25) is 11.7 Å². The summed E-state index contributed by atoms with van der Waals surface area (Å²) in [5.41, 5.74) is 5.91. The van der Waals surface area contributed by atoms with Gasteiger partial charge in [0.25, 0.3) is 0 Å². The van der Waals surface area contributed by atoms with Gasteiger partial charge in [-0.1, -0.05) is 6.92 Å². The zero-order valence-electron chi connectivity index (χ0n) is 17.2. The summed E-state index contributed by atoms with van der Waals surface area (Å²) >= 11 is 0. The van der Waals surface area contributed by atoms with Crippen molar-refractivity contribution in [1.82, 2.24) is 4.90 Å². The molecule has 2 heterocycles. The minimum atomic E-state index is -0.879. The lowest BCUT2D eigenvalue weighted by molar-refractivity contribution is -0.146. The maximum Gasteiger partial charge on any atom is 0.379 e. The number of hydrogen-bond acceptors (Lipinski definition) is 6. The molecular formula is C22H25N3O6. The van der Waals surface area contributed by atoms with Gasteiger partial charge < -0.3 is 24.9 Å². The predicted molar refractivity (Wildman–Crippen MR) is 111 cm³/mol. The van der Waals surface area contributed by atoms with E-state index in [0.29, 0.717) is 30.7 Å². The van der Waals surface area contributed by atoms with Gasteiger partial charge in [-0.2, -0.15) is 0 Å². The molecule has 9 heteroatoms. The third-order valence-corrected chi connectivity index (χ3v) is 5.25. The van der Waals surface area contributed by atoms with Gasteiger partial charge in [-0.15, -0.1) is 0 Å². The molecule has 0 bridgehead atoms. The van der Waals surface area contributed by atoms with Gasteiger partial charge in [0, 0.05) is 31.0 Å². The number of rotatable bonds is 7. The Morgan fingerprint density at radius 3 is 2.61 bits per heavy atom. The summed E-state index contributed by atoms with van der Waals surface area (Å²) in [7, 11) is 0. The molecule has 0 spiro atoms. The maximum atomic E-state index is 12.7. The van der Waals surface area contributed by atoms with Crippen LogP contribution in [0.25, 0.3) is 0 Å². The van der Waals surface area contributed by atoms with Crippen molar-refractivity contribution in [3.05, 3.63) is 53.5 Å². The number of nitrogen functional groups attached to an aromatic ring is 1. The number of furan rings is 1. The summed E-state index contributed by atoms with van der Waals surface area (Å²) in [5.74, 6) is -1.95. The number of nitrogens with zero attached hydrogens (tertiary/aromatic N) is 1.